The van der Waals surface area contributed by atoms with E-state index < -0.39 is 5.54 Å². The standard InChI is InChI=1S/C14H17BrFNO2/c15-11-3-4-12(16)10(7-11)8-13(19)17-14(9-18)5-1-2-6-14/h3-4,7,18H,1-2,5-6,8-9H2,(H,17,19). The van der Waals surface area contributed by atoms with Crippen molar-refractivity contribution in [2.24, 2.45) is 0 Å². The molecule has 3 nitrogen and oxygen atoms in total. The average molecular weight is 330 g/mol. The van der Waals surface area contributed by atoms with E-state index in [1.165, 1.54) is 6.07 Å². The van der Waals surface area contributed by atoms with E-state index in [1.807, 2.05) is 0 Å². The molecule has 19 heavy (non-hydrogen) atoms. The van der Waals surface area contributed by atoms with Crippen LogP contribution in [0, 0.1) is 5.82 Å². The summed E-state index contributed by atoms with van der Waals surface area (Å²) in [7, 11) is 0. The van der Waals surface area contributed by atoms with E-state index in [2.05, 4.69) is 21.2 Å². The van der Waals surface area contributed by atoms with Crippen molar-refractivity contribution in [2.75, 3.05) is 6.61 Å². The molecule has 0 atom stereocenters. The van der Waals surface area contributed by atoms with Gasteiger partial charge in [-0.25, -0.2) is 4.39 Å². The highest BCUT2D eigenvalue weighted by Crippen LogP contribution is 2.29. The van der Waals surface area contributed by atoms with Crippen molar-refractivity contribution in [1.82, 2.24) is 5.32 Å². The maximum Gasteiger partial charge on any atom is 0.225 e. The van der Waals surface area contributed by atoms with E-state index in [9.17, 15) is 14.3 Å². The Balaban J connectivity index is 2.03. The van der Waals surface area contributed by atoms with Crippen LogP contribution in [-0.4, -0.2) is 23.2 Å². The van der Waals surface area contributed by atoms with Crippen LogP contribution in [0.4, 0.5) is 4.39 Å². The topological polar surface area (TPSA) is 49.3 Å². The Kier molecular flexibility index (Phi) is 4.58. The van der Waals surface area contributed by atoms with E-state index >= 15 is 0 Å². The van der Waals surface area contributed by atoms with Crippen LogP contribution in [0.3, 0.4) is 0 Å². The zero-order chi connectivity index (χ0) is 13.9. The first kappa shape index (κ1) is 14.5. The third kappa shape index (κ3) is 3.54. The highest BCUT2D eigenvalue weighted by atomic mass is 79.9. The van der Waals surface area contributed by atoms with Gasteiger partial charge in [0.05, 0.1) is 18.6 Å². The van der Waals surface area contributed by atoms with Crippen LogP contribution in [-0.2, 0) is 11.2 Å². The molecule has 0 heterocycles. The van der Waals surface area contributed by atoms with Gasteiger partial charge in [-0.3, -0.25) is 4.79 Å². The lowest BCUT2D eigenvalue weighted by Crippen LogP contribution is -2.49. The van der Waals surface area contributed by atoms with Gasteiger partial charge in [0.1, 0.15) is 5.82 Å². The van der Waals surface area contributed by atoms with Crippen LogP contribution in [0.2, 0.25) is 0 Å². The molecule has 0 saturated heterocycles. The van der Waals surface area contributed by atoms with Gasteiger partial charge in [0.25, 0.3) is 0 Å². The molecule has 1 aromatic carbocycles. The molecule has 0 radical (unpaired) electrons. The molecule has 1 aliphatic carbocycles. The molecule has 1 aliphatic rings. The Morgan fingerprint density at radius 1 is 1.42 bits per heavy atom. The smallest absolute Gasteiger partial charge is 0.225 e. The quantitative estimate of drug-likeness (QED) is 0.891. The van der Waals surface area contributed by atoms with Gasteiger partial charge in [-0.15, -0.1) is 0 Å². The number of amides is 1. The van der Waals surface area contributed by atoms with Crippen LogP contribution in [0.25, 0.3) is 0 Å². The zero-order valence-corrected chi connectivity index (χ0v) is 12.2. The monoisotopic (exact) mass is 329 g/mol. The van der Waals surface area contributed by atoms with Crippen molar-refractivity contribution in [2.45, 2.75) is 37.6 Å². The normalized spacial score (nSPS) is 17.4. The third-order valence-electron chi connectivity index (χ3n) is 3.63. The minimum absolute atomic E-state index is 0.00692. The fraction of sp³-hybridized carbons (Fsp3) is 0.500. The van der Waals surface area contributed by atoms with Crippen LogP contribution in [0.1, 0.15) is 31.2 Å². The van der Waals surface area contributed by atoms with Crippen molar-refractivity contribution >= 4 is 21.8 Å². The second-order valence-electron chi connectivity index (χ2n) is 5.11. The van der Waals surface area contributed by atoms with Gasteiger partial charge in [-0.1, -0.05) is 28.8 Å². The number of hydrogen-bond acceptors (Lipinski definition) is 2. The molecule has 0 unspecified atom stereocenters. The second kappa shape index (κ2) is 6.01. The van der Waals surface area contributed by atoms with Crippen LogP contribution < -0.4 is 5.32 Å². The number of hydrogen-bond donors (Lipinski definition) is 2. The van der Waals surface area contributed by atoms with E-state index in [4.69, 9.17) is 0 Å². The van der Waals surface area contributed by atoms with Crippen molar-refractivity contribution < 1.29 is 14.3 Å². The molecule has 104 valence electrons. The lowest BCUT2D eigenvalue weighted by atomic mass is 9.98. The number of aliphatic hydroxyl groups is 1. The van der Waals surface area contributed by atoms with Crippen LogP contribution in [0.15, 0.2) is 22.7 Å². The van der Waals surface area contributed by atoms with Gasteiger partial charge in [0.2, 0.25) is 5.91 Å². The molecule has 1 amide bonds. The Morgan fingerprint density at radius 2 is 2.11 bits per heavy atom. The summed E-state index contributed by atoms with van der Waals surface area (Å²) in [6.07, 6.45) is 3.58. The summed E-state index contributed by atoms with van der Waals surface area (Å²) >= 11 is 3.26. The Bertz CT molecular complexity index is 473. The molecular weight excluding hydrogens is 313 g/mol. The van der Waals surface area contributed by atoms with Gasteiger partial charge in [-0.2, -0.15) is 0 Å². The lowest BCUT2D eigenvalue weighted by molar-refractivity contribution is -0.123. The molecule has 5 heteroatoms. The first-order valence-electron chi connectivity index (χ1n) is 6.40. The van der Waals surface area contributed by atoms with Crippen molar-refractivity contribution in [3.8, 4) is 0 Å². The maximum atomic E-state index is 13.6. The summed E-state index contributed by atoms with van der Waals surface area (Å²) in [5.41, 5.74) is -0.141. The highest BCUT2D eigenvalue weighted by Gasteiger charge is 2.34. The number of carbonyl (C=O) groups is 1. The van der Waals surface area contributed by atoms with E-state index in [0.717, 1.165) is 30.2 Å². The number of nitrogens with one attached hydrogen (secondary N) is 1. The van der Waals surface area contributed by atoms with E-state index in [-0.39, 0.29) is 24.8 Å². The fourth-order valence-electron chi connectivity index (χ4n) is 2.57. The van der Waals surface area contributed by atoms with Gasteiger partial charge in [-0.05, 0) is 36.6 Å². The predicted molar refractivity (Wildman–Crippen MR) is 74.2 cm³/mol. The summed E-state index contributed by atoms with van der Waals surface area (Å²) in [5, 5.41) is 12.3. The summed E-state index contributed by atoms with van der Waals surface area (Å²) < 4.78 is 14.3. The third-order valence-corrected chi connectivity index (χ3v) is 4.12. The van der Waals surface area contributed by atoms with Crippen molar-refractivity contribution in [1.29, 1.82) is 0 Å². The Labute approximate surface area is 120 Å². The minimum Gasteiger partial charge on any atom is -0.394 e. The molecule has 0 bridgehead atoms. The fourth-order valence-corrected chi connectivity index (χ4v) is 2.97. The minimum atomic E-state index is -0.500. The SMILES string of the molecule is O=C(Cc1cc(Br)ccc1F)NC1(CO)CCCC1. The van der Waals surface area contributed by atoms with Crippen molar-refractivity contribution in [3.05, 3.63) is 34.1 Å². The number of carbonyl (C=O) groups excluding carboxylic acids is 1. The first-order valence-corrected chi connectivity index (χ1v) is 7.20. The predicted octanol–water partition coefficient (Wildman–Crippen LogP) is 2.55. The van der Waals surface area contributed by atoms with Gasteiger partial charge in [0, 0.05) is 4.47 Å². The zero-order valence-electron chi connectivity index (χ0n) is 10.6. The van der Waals surface area contributed by atoms with E-state index in [0.29, 0.717) is 5.56 Å². The molecular formula is C14H17BrFNO2. The van der Waals surface area contributed by atoms with Crippen molar-refractivity contribution in [3.63, 3.8) is 0 Å². The molecule has 2 N–H and O–H groups in total. The summed E-state index contributed by atoms with van der Waals surface area (Å²) in [6, 6.07) is 4.54. The first-order chi connectivity index (χ1) is 9.04. The molecule has 0 aromatic heterocycles. The number of rotatable bonds is 4. The number of halogens is 2. The molecule has 1 aromatic rings. The highest BCUT2D eigenvalue weighted by molar-refractivity contribution is 9.10. The lowest BCUT2D eigenvalue weighted by Gasteiger charge is -2.28. The molecule has 0 aliphatic heterocycles. The molecule has 2 rings (SSSR count). The second-order valence-corrected chi connectivity index (χ2v) is 6.02. The molecule has 1 saturated carbocycles. The van der Waals surface area contributed by atoms with Gasteiger partial charge < -0.3 is 10.4 Å². The van der Waals surface area contributed by atoms with Gasteiger partial charge in [0.15, 0.2) is 0 Å². The van der Waals surface area contributed by atoms with E-state index in [1.54, 1.807) is 12.1 Å². The summed E-state index contributed by atoms with van der Waals surface area (Å²) in [5.74, 6) is -0.629. The molecule has 0 spiro atoms. The van der Waals surface area contributed by atoms with Gasteiger partial charge >= 0.3 is 0 Å². The van der Waals surface area contributed by atoms with Crippen LogP contribution in [0.5, 0.6) is 0 Å². The largest absolute Gasteiger partial charge is 0.394 e. The summed E-state index contributed by atoms with van der Waals surface area (Å²) in [4.78, 5) is 12.0. The Morgan fingerprint density at radius 3 is 2.74 bits per heavy atom. The number of benzene rings is 1. The average Bonchev–Trinajstić information content (AvgIpc) is 2.83. The Hall–Kier alpha value is -0.940. The summed E-state index contributed by atoms with van der Waals surface area (Å²) in [6.45, 7) is -0.0558. The number of aliphatic hydroxyl groups excluding tert-OH is 1. The maximum absolute atomic E-state index is 13.6. The molecule has 1 fully saturated rings. The van der Waals surface area contributed by atoms with Crippen LogP contribution >= 0.6 is 15.9 Å².